The molecule has 0 bridgehead atoms. The molecule has 0 aliphatic heterocycles. The van der Waals surface area contributed by atoms with E-state index in [0.717, 1.165) is 38.1 Å². The number of benzene rings is 3. The van der Waals surface area contributed by atoms with Gasteiger partial charge >= 0.3 is 0 Å². The van der Waals surface area contributed by atoms with Crippen molar-refractivity contribution in [2.24, 2.45) is 5.10 Å². The number of anilines is 1. The summed E-state index contributed by atoms with van der Waals surface area (Å²) in [6.07, 6.45) is 5.56. The quantitative estimate of drug-likeness (QED) is 0.253. The van der Waals surface area contributed by atoms with Crippen LogP contribution >= 0.6 is 15.9 Å². The Hall–Kier alpha value is -3.64. The van der Waals surface area contributed by atoms with Crippen molar-refractivity contribution in [3.05, 3.63) is 94.1 Å². The molecule has 0 saturated heterocycles. The number of hydrazone groups is 1. The zero-order valence-corrected chi connectivity index (χ0v) is 18.4. The second-order valence-corrected chi connectivity index (χ2v) is 7.71. The first kappa shape index (κ1) is 20.6. The zero-order chi connectivity index (χ0) is 21.6. The van der Waals surface area contributed by atoms with Crippen LogP contribution in [0.5, 0.6) is 11.5 Å². The first-order valence-corrected chi connectivity index (χ1v) is 10.4. The van der Waals surface area contributed by atoms with Crippen LogP contribution in [0.25, 0.3) is 23.1 Å². The van der Waals surface area contributed by atoms with Crippen LogP contribution in [0.2, 0.25) is 0 Å². The Morgan fingerprint density at radius 1 is 1.00 bits per heavy atom. The maximum absolute atomic E-state index is 10.0. The fraction of sp³-hybridized carbons (Fsp3) is 0.0400. The lowest BCUT2D eigenvalue weighted by molar-refractivity contribution is 0.415. The summed E-state index contributed by atoms with van der Waals surface area (Å²) < 4.78 is 6.23. The lowest BCUT2D eigenvalue weighted by Crippen LogP contribution is -1.96. The topological polar surface area (TPSA) is 66.7 Å². The van der Waals surface area contributed by atoms with E-state index in [4.69, 9.17) is 9.72 Å². The molecule has 4 aromatic rings. The highest BCUT2D eigenvalue weighted by molar-refractivity contribution is 9.10. The number of methoxy groups -OCH3 is 1. The monoisotopic (exact) mass is 473 g/mol. The van der Waals surface area contributed by atoms with Crippen molar-refractivity contribution in [3.63, 3.8) is 0 Å². The lowest BCUT2D eigenvalue weighted by Gasteiger charge is -2.09. The van der Waals surface area contributed by atoms with Gasteiger partial charge < -0.3 is 9.84 Å². The molecule has 0 radical (unpaired) electrons. The standard InChI is InChI=1S/C25H20BrN3O2/c1-31-21-10-11-23-22(15-21)24(29-27-16-18-13-19(26)8-12-25(18)30)14-20(28-23)9-7-17-5-3-2-4-6-17/h2-16,30H,1H3,(H,28,29)/b9-7+,27-16-. The number of fused-ring (bicyclic) bond motifs is 1. The summed E-state index contributed by atoms with van der Waals surface area (Å²) in [6, 6.07) is 22.9. The second-order valence-electron chi connectivity index (χ2n) is 6.79. The highest BCUT2D eigenvalue weighted by Gasteiger charge is 2.07. The van der Waals surface area contributed by atoms with Gasteiger partial charge in [0.15, 0.2) is 0 Å². The maximum atomic E-state index is 10.0. The van der Waals surface area contributed by atoms with Crippen LogP contribution < -0.4 is 10.2 Å². The maximum Gasteiger partial charge on any atom is 0.124 e. The smallest absolute Gasteiger partial charge is 0.124 e. The molecule has 0 aliphatic rings. The van der Waals surface area contributed by atoms with E-state index in [1.54, 1.807) is 31.5 Å². The molecule has 5 nitrogen and oxygen atoms in total. The third-order valence-corrected chi connectivity index (χ3v) is 5.15. The molecule has 0 aliphatic carbocycles. The molecule has 0 amide bonds. The number of ether oxygens (including phenoxy) is 1. The van der Waals surface area contributed by atoms with Gasteiger partial charge in [0.2, 0.25) is 0 Å². The predicted octanol–water partition coefficient (Wildman–Crippen LogP) is 6.33. The van der Waals surface area contributed by atoms with Crippen LogP contribution in [0.1, 0.15) is 16.8 Å². The molecular formula is C25H20BrN3O2. The van der Waals surface area contributed by atoms with Crippen molar-refractivity contribution in [2.45, 2.75) is 0 Å². The Kier molecular flexibility index (Phi) is 6.29. The van der Waals surface area contributed by atoms with E-state index >= 15 is 0 Å². The molecule has 0 spiro atoms. The second kappa shape index (κ2) is 9.45. The van der Waals surface area contributed by atoms with E-state index in [2.05, 4.69) is 26.5 Å². The first-order chi connectivity index (χ1) is 15.1. The molecule has 2 N–H and O–H groups in total. The van der Waals surface area contributed by atoms with Gasteiger partial charge in [-0.25, -0.2) is 4.98 Å². The molecule has 0 fully saturated rings. The van der Waals surface area contributed by atoms with E-state index in [1.165, 1.54) is 0 Å². The molecule has 3 aromatic carbocycles. The van der Waals surface area contributed by atoms with Crippen LogP contribution in [0, 0.1) is 0 Å². The lowest BCUT2D eigenvalue weighted by atomic mass is 10.1. The van der Waals surface area contributed by atoms with Crippen molar-refractivity contribution in [1.29, 1.82) is 0 Å². The van der Waals surface area contributed by atoms with Crippen LogP contribution in [0.4, 0.5) is 5.69 Å². The number of nitrogens with one attached hydrogen (secondary N) is 1. The SMILES string of the molecule is COc1ccc2nc(/C=C/c3ccccc3)cc(N/N=C\c3cc(Br)ccc3O)c2c1. The van der Waals surface area contributed by atoms with Crippen LogP contribution in [-0.2, 0) is 0 Å². The average molecular weight is 474 g/mol. The number of aromatic hydroxyl groups is 1. The Morgan fingerprint density at radius 3 is 2.65 bits per heavy atom. The Morgan fingerprint density at radius 2 is 1.84 bits per heavy atom. The van der Waals surface area contributed by atoms with Crippen molar-refractivity contribution in [3.8, 4) is 11.5 Å². The average Bonchev–Trinajstić information content (AvgIpc) is 2.80. The van der Waals surface area contributed by atoms with E-state index in [9.17, 15) is 5.11 Å². The van der Waals surface area contributed by atoms with E-state index in [0.29, 0.717) is 5.56 Å². The number of hydrogen-bond acceptors (Lipinski definition) is 5. The highest BCUT2D eigenvalue weighted by atomic mass is 79.9. The number of phenolic OH excluding ortho intramolecular Hbond substituents is 1. The number of pyridine rings is 1. The summed E-state index contributed by atoms with van der Waals surface area (Å²) in [4.78, 5) is 4.74. The molecule has 31 heavy (non-hydrogen) atoms. The van der Waals surface area contributed by atoms with Gasteiger partial charge in [-0.1, -0.05) is 52.3 Å². The molecule has 0 atom stereocenters. The van der Waals surface area contributed by atoms with Crippen molar-refractivity contribution in [2.75, 3.05) is 12.5 Å². The minimum Gasteiger partial charge on any atom is -0.507 e. The number of halogens is 1. The van der Waals surface area contributed by atoms with Gasteiger partial charge in [-0.05, 0) is 54.1 Å². The van der Waals surface area contributed by atoms with Crippen LogP contribution in [0.15, 0.2) is 82.4 Å². The zero-order valence-electron chi connectivity index (χ0n) is 16.8. The number of aromatic nitrogens is 1. The Balaban J connectivity index is 1.69. The third-order valence-electron chi connectivity index (χ3n) is 4.66. The number of hydrogen-bond donors (Lipinski definition) is 2. The van der Waals surface area contributed by atoms with Crippen molar-refractivity contribution >= 4 is 50.9 Å². The van der Waals surface area contributed by atoms with Gasteiger partial charge in [0.05, 0.1) is 30.2 Å². The Labute approximate surface area is 188 Å². The van der Waals surface area contributed by atoms with E-state index in [-0.39, 0.29) is 5.75 Å². The number of rotatable bonds is 6. The predicted molar refractivity (Wildman–Crippen MR) is 131 cm³/mol. The molecular weight excluding hydrogens is 454 g/mol. The summed E-state index contributed by atoms with van der Waals surface area (Å²) >= 11 is 3.40. The van der Waals surface area contributed by atoms with Crippen LogP contribution in [0.3, 0.4) is 0 Å². The first-order valence-electron chi connectivity index (χ1n) is 9.62. The molecule has 0 unspecified atom stereocenters. The normalized spacial score (nSPS) is 11.4. The largest absolute Gasteiger partial charge is 0.507 e. The molecule has 1 aromatic heterocycles. The summed E-state index contributed by atoms with van der Waals surface area (Å²) in [5, 5.41) is 15.2. The van der Waals surface area contributed by atoms with Crippen molar-refractivity contribution < 1.29 is 9.84 Å². The van der Waals surface area contributed by atoms with Gasteiger partial charge in [0.25, 0.3) is 0 Å². The van der Waals surface area contributed by atoms with E-state index < -0.39 is 0 Å². The van der Waals surface area contributed by atoms with E-state index in [1.807, 2.05) is 66.7 Å². The van der Waals surface area contributed by atoms with Gasteiger partial charge in [-0.3, -0.25) is 5.43 Å². The summed E-state index contributed by atoms with van der Waals surface area (Å²) in [6.45, 7) is 0. The minimum absolute atomic E-state index is 0.154. The highest BCUT2D eigenvalue weighted by Crippen LogP contribution is 2.28. The molecule has 4 rings (SSSR count). The molecule has 1 heterocycles. The van der Waals surface area contributed by atoms with Crippen molar-refractivity contribution in [1.82, 2.24) is 4.98 Å². The number of phenols is 1. The van der Waals surface area contributed by atoms with Gasteiger partial charge in [-0.2, -0.15) is 5.10 Å². The van der Waals surface area contributed by atoms with Gasteiger partial charge in [-0.15, -0.1) is 0 Å². The summed E-state index contributed by atoms with van der Waals surface area (Å²) in [5.41, 5.74) is 7.17. The molecule has 154 valence electrons. The fourth-order valence-corrected chi connectivity index (χ4v) is 3.45. The minimum atomic E-state index is 0.154. The van der Waals surface area contributed by atoms with Gasteiger partial charge in [0, 0.05) is 15.4 Å². The molecule has 6 heteroatoms. The third kappa shape index (κ3) is 5.10. The summed E-state index contributed by atoms with van der Waals surface area (Å²) in [7, 11) is 1.63. The van der Waals surface area contributed by atoms with Crippen LogP contribution in [-0.4, -0.2) is 23.4 Å². The fourth-order valence-electron chi connectivity index (χ4n) is 3.08. The summed E-state index contributed by atoms with van der Waals surface area (Å²) in [5.74, 6) is 0.889. The molecule has 0 saturated carbocycles. The van der Waals surface area contributed by atoms with Gasteiger partial charge in [0.1, 0.15) is 11.5 Å². The number of nitrogens with zero attached hydrogens (tertiary/aromatic N) is 2. The Bertz CT molecular complexity index is 1270.